The van der Waals surface area contributed by atoms with E-state index >= 15 is 0 Å². The molecule has 0 saturated heterocycles. The molecule has 0 spiro atoms. The lowest BCUT2D eigenvalue weighted by molar-refractivity contribution is -0.136. The SMILES string of the molecule is CCCCc1cc(CC(=O)O)cc(S(C)(=O)=O)c1. The molecule has 0 fully saturated rings. The normalized spacial score (nSPS) is 11.4. The number of sulfone groups is 1. The Morgan fingerprint density at radius 1 is 1.22 bits per heavy atom. The highest BCUT2D eigenvalue weighted by molar-refractivity contribution is 7.90. The van der Waals surface area contributed by atoms with Gasteiger partial charge in [-0.25, -0.2) is 8.42 Å². The van der Waals surface area contributed by atoms with E-state index in [0.717, 1.165) is 31.1 Å². The zero-order valence-corrected chi connectivity index (χ0v) is 11.5. The fourth-order valence-corrected chi connectivity index (χ4v) is 2.48. The summed E-state index contributed by atoms with van der Waals surface area (Å²) in [5.41, 5.74) is 1.42. The molecule has 0 heterocycles. The first-order chi connectivity index (χ1) is 8.32. The van der Waals surface area contributed by atoms with Gasteiger partial charge in [-0.2, -0.15) is 0 Å². The molecule has 0 aliphatic carbocycles. The molecule has 0 aliphatic rings. The van der Waals surface area contributed by atoms with E-state index in [1.165, 1.54) is 6.07 Å². The van der Waals surface area contributed by atoms with Gasteiger partial charge in [-0.15, -0.1) is 0 Å². The van der Waals surface area contributed by atoms with Crippen molar-refractivity contribution in [1.82, 2.24) is 0 Å². The van der Waals surface area contributed by atoms with Gasteiger partial charge < -0.3 is 5.11 Å². The number of rotatable bonds is 6. The zero-order valence-electron chi connectivity index (χ0n) is 10.6. The molecule has 1 aromatic carbocycles. The number of carboxylic acid groups (broad SMARTS) is 1. The summed E-state index contributed by atoms with van der Waals surface area (Å²) in [7, 11) is -3.30. The van der Waals surface area contributed by atoms with Gasteiger partial charge in [0, 0.05) is 6.26 Å². The van der Waals surface area contributed by atoms with Crippen molar-refractivity contribution in [3.8, 4) is 0 Å². The molecule has 5 heteroatoms. The second kappa shape index (κ2) is 6.00. The topological polar surface area (TPSA) is 71.4 Å². The van der Waals surface area contributed by atoms with Crippen LogP contribution < -0.4 is 0 Å². The minimum atomic E-state index is -3.30. The molecule has 18 heavy (non-hydrogen) atoms. The second-order valence-corrected chi connectivity index (χ2v) is 6.45. The van der Waals surface area contributed by atoms with Crippen LogP contribution in [0, 0.1) is 0 Å². The van der Waals surface area contributed by atoms with Crippen LogP contribution in [-0.2, 0) is 27.5 Å². The number of hydrogen-bond acceptors (Lipinski definition) is 3. The van der Waals surface area contributed by atoms with Crippen molar-refractivity contribution in [3.05, 3.63) is 29.3 Å². The highest BCUT2D eigenvalue weighted by atomic mass is 32.2. The molecule has 0 saturated carbocycles. The van der Waals surface area contributed by atoms with E-state index in [2.05, 4.69) is 6.92 Å². The van der Waals surface area contributed by atoms with Crippen LogP contribution in [0.2, 0.25) is 0 Å². The molecule has 100 valence electrons. The first kappa shape index (κ1) is 14.7. The summed E-state index contributed by atoms with van der Waals surface area (Å²) in [6.45, 7) is 2.05. The van der Waals surface area contributed by atoms with Crippen molar-refractivity contribution in [1.29, 1.82) is 0 Å². The molecular formula is C13H18O4S. The van der Waals surface area contributed by atoms with Crippen LogP contribution in [0.25, 0.3) is 0 Å². The Hall–Kier alpha value is -1.36. The average molecular weight is 270 g/mol. The van der Waals surface area contributed by atoms with Gasteiger partial charge in [0.05, 0.1) is 11.3 Å². The fourth-order valence-electron chi connectivity index (χ4n) is 1.74. The molecule has 0 amide bonds. The van der Waals surface area contributed by atoms with Gasteiger partial charge >= 0.3 is 5.97 Å². The van der Waals surface area contributed by atoms with Crippen LogP contribution in [-0.4, -0.2) is 25.7 Å². The summed E-state index contributed by atoms with van der Waals surface area (Å²) < 4.78 is 23.1. The number of hydrogen-bond donors (Lipinski definition) is 1. The second-order valence-electron chi connectivity index (χ2n) is 4.43. The Balaban J connectivity index is 3.15. The van der Waals surface area contributed by atoms with Crippen molar-refractivity contribution < 1.29 is 18.3 Å². The first-order valence-corrected chi connectivity index (χ1v) is 7.76. The van der Waals surface area contributed by atoms with E-state index in [9.17, 15) is 13.2 Å². The van der Waals surface area contributed by atoms with E-state index in [-0.39, 0.29) is 11.3 Å². The Morgan fingerprint density at radius 3 is 2.33 bits per heavy atom. The molecule has 4 nitrogen and oxygen atoms in total. The maximum atomic E-state index is 11.5. The number of carbonyl (C=O) groups is 1. The third-order valence-electron chi connectivity index (χ3n) is 2.63. The lowest BCUT2D eigenvalue weighted by atomic mass is 10.0. The van der Waals surface area contributed by atoms with Gasteiger partial charge in [-0.1, -0.05) is 19.4 Å². The van der Waals surface area contributed by atoms with Crippen molar-refractivity contribution in [2.45, 2.75) is 37.5 Å². The Labute approximate surface area is 108 Å². The Morgan fingerprint density at radius 2 is 1.83 bits per heavy atom. The molecule has 0 aliphatic heterocycles. The van der Waals surface area contributed by atoms with Crippen LogP contribution in [0.1, 0.15) is 30.9 Å². The highest BCUT2D eigenvalue weighted by Crippen LogP contribution is 2.17. The van der Waals surface area contributed by atoms with Crippen LogP contribution in [0.3, 0.4) is 0 Å². The highest BCUT2D eigenvalue weighted by Gasteiger charge is 2.11. The minimum Gasteiger partial charge on any atom is -0.481 e. The maximum Gasteiger partial charge on any atom is 0.307 e. The monoisotopic (exact) mass is 270 g/mol. The summed E-state index contributed by atoms with van der Waals surface area (Å²) >= 11 is 0. The van der Waals surface area contributed by atoms with Gasteiger partial charge in [0.15, 0.2) is 9.84 Å². The van der Waals surface area contributed by atoms with Crippen molar-refractivity contribution in [2.24, 2.45) is 0 Å². The van der Waals surface area contributed by atoms with Gasteiger partial charge in [0.25, 0.3) is 0 Å². The van der Waals surface area contributed by atoms with E-state index in [1.54, 1.807) is 12.1 Å². The lowest BCUT2D eigenvalue weighted by Crippen LogP contribution is -2.04. The molecule has 0 atom stereocenters. The molecule has 1 rings (SSSR count). The third-order valence-corrected chi connectivity index (χ3v) is 3.72. The lowest BCUT2D eigenvalue weighted by Gasteiger charge is -2.07. The fraction of sp³-hybridized carbons (Fsp3) is 0.462. The first-order valence-electron chi connectivity index (χ1n) is 5.87. The number of aryl methyl sites for hydroxylation is 1. The minimum absolute atomic E-state index is 0.150. The van der Waals surface area contributed by atoms with E-state index in [1.807, 2.05) is 0 Å². The summed E-state index contributed by atoms with van der Waals surface area (Å²) in [5.74, 6) is -0.956. The average Bonchev–Trinajstić information content (AvgIpc) is 2.24. The predicted octanol–water partition coefficient (Wildman–Crippen LogP) is 2.06. The standard InChI is InChI=1S/C13H18O4S/c1-3-4-5-10-6-11(9-13(14)15)8-12(7-10)18(2,16)17/h6-8H,3-5,9H2,1-2H3,(H,14,15). The molecular weight excluding hydrogens is 252 g/mol. The molecule has 1 N–H and O–H groups in total. The number of aliphatic carboxylic acids is 1. The van der Waals surface area contributed by atoms with Gasteiger partial charge in [-0.05, 0) is 36.1 Å². The number of carboxylic acids is 1. The van der Waals surface area contributed by atoms with Gasteiger partial charge in [-0.3, -0.25) is 4.79 Å². The summed E-state index contributed by atoms with van der Waals surface area (Å²) in [6.07, 6.45) is 3.72. The van der Waals surface area contributed by atoms with Crippen LogP contribution >= 0.6 is 0 Å². The van der Waals surface area contributed by atoms with Crippen molar-refractivity contribution in [2.75, 3.05) is 6.26 Å². The van der Waals surface area contributed by atoms with Crippen molar-refractivity contribution >= 4 is 15.8 Å². The summed E-state index contributed by atoms with van der Waals surface area (Å²) in [5, 5.41) is 8.78. The molecule has 0 bridgehead atoms. The Kier molecular flexibility index (Phi) is 4.90. The molecule has 0 aromatic heterocycles. The van der Waals surface area contributed by atoms with Gasteiger partial charge in [0.1, 0.15) is 0 Å². The third kappa shape index (κ3) is 4.49. The van der Waals surface area contributed by atoms with Crippen molar-refractivity contribution in [3.63, 3.8) is 0 Å². The smallest absolute Gasteiger partial charge is 0.307 e. The van der Waals surface area contributed by atoms with E-state index in [0.29, 0.717) is 5.56 Å². The molecule has 1 aromatic rings. The van der Waals surface area contributed by atoms with Gasteiger partial charge in [0.2, 0.25) is 0 Å². The van der Waals surface area contributed by atoms with Crippen LogP contribution in [0.15, 0.2) is 23.1 Å². The summed E-state index contributed by atoms with van der Waals surface area (Å²) in [6, 6.07) is 4.85. The summed E-state index contributed by atoms with van der Waals surface area (Å²) in [4.78, 5) is 10.9. The predicted molar refractivity (Wildman–Crippen MR) is 69.5 cm³/mol. The number of benzene rings is 1. The Bertz CT molecular complexity index is 532. The van der Waals surface area contributed by atoms with Crippen LogP contribution in [0.5, 0.6) is 0 Å². The number of unbranched alkanes of at least 4 members (excludes halogenated alkanes) is 1. The molecule has 0 unspecified atom stereocenters. The largest absolute Gasteiger partial charge is 0.481 e. The quantitative estimate of drug-likeness (QED) is 0.859. The van der Waals surface area contributed by atoms with E-state index < -0.39 is 15.8 Å². The maximum absolute atomic E-state index is 11.5. The van der Waals surface area contributed by atoms with E-state index in [4.69, 9.17) is 5.11 Å². The molecule has 0 radical (unpaired) electrons. The zero-order chi connectivity index (χ0) is 13.8. The van der Waals surface area contributed by atoms with Crippen LogP contribution in [0.4, 0.5) is 0 Å².